The molecule has 0 radical (unpaired) electrons. The number of aryl methyl sites for hydroxylation is 1. The molecule has 0 amide bonds. The second-order valence-corrected chi connectivity index (χ2v) is 7.59. The molecule has 9 nitrogen and oxygen atoms in total. The van der Waals surface area contributed by atoms with Crippen molar-refractivity contribution in [3.8, 4) is 0 Å². The van der Waals surface area contributed by atoms with Gasteiger partial charge in [-0.15, -0.1) is 5.10 Å². The summed E-state index contributed by atoms with van der Waals surface area (Å²) in [4.78, 5) is 40.0. The number of ether oxygens (including phenoxy) is 2. The van der Waals surface area contributed by atoms with Crippen molar-refractivity contribution < 1.29 is 19.1 Å². The predicted molar refractivity (Wildman–Crippen MR) is 105 cm³/mol. The van der Waals surface area contributed by atoms with E-state index in [0.717, 1.165) is 0 Å². The molecule has 10 heteroatoms. The van der Waals surface area contributed by atoms with Crippen molar-refractivity contribution in [1.29, 1.82) is 0 Å². The molecule has 0 fully saturated rings. The van der Waals surface area contributed by atoms with E-state index in [4.69, 9.17) is 9.47 Å². The first-order chi connectivity index (χ1) is 13.3. The molecule has 0 aliphatic rings. The Morgan fingerprint density at radius 1 is 1.32 bits per heavy atom. The fraction of sp³-hybridized carbons (Fsp3) is 0.556. The van der Waals surface area contributed by atoms with Crippen molar-refractivity contribution in [2.45, 2.75) is 51.1 Å². The fourth-order valence-corrected chi connectivity index (χ4v) is 3.82. The second-order valence-electron chi connectivity index (χ2n) is 6.28. The first-order valence-corrected chi connectivity index (χ1v) is 9.91. The third-order valence-corrected chi connectivity index (χ3v) is 5.36. The first-order valence-electron chi connectivity index (χ1n) is 9.03. The van der Waals surface area contributed by atoms with Gasteiger partial charge in [0.15, 0.2) is 10.9 Å². The Labute approximate surface area is 167 Å². The molecule has 2 aromatic rings. The highest BCUT2D eigenvalue weighted by Gasteiger charge is 2.27. The van der Waals surface area contributed by atoms with Gasteiger partial charge in [0.05, 0.1) is 23.1 Å². The Bertz CT molecular complexity index is 898. The van der Waals surface area contributed by atoms with Crippen molar-refractivity contribution in [3.05, 3.63) is 33.0 Å². The smallest absolute Gasteiger partial charge is 0.343 e. The lowest BCUT2D eigenvalue weighted by Gasteiger charge is -2.11. The van der Waals surface area contributed by atoms with Gasteiger partial charge in [0.1, 0.15) is 0 Å². The summed E-state index contributed by atoms with van der Waals surface area (Å²) in [6, 6.07) is 0. The maximum absolute atomic E-state index is 12.9. The number of hydrogen-bond acceptors (Lipinski definition) is 7. The molecule has 2 N–H and O–H groups in total. The number of rotatable bonds is 10. The molecule has 0 saturated heterocycles. The number of carbonyl (C=O) groups excluding carboxylic acids is 2. The number of thioether (sulfide) groups is 1. The van der Waals surface area contributed by atoms with Crippen LogP contribution >= 0.6 is 11.8 Å². The number of nitrogens with one attached hydrogen (secondary N) is 2. The zero-order valence-corrected chi connectivity index (χ0v) is 17.6. The van der Waals surface area contributed by atoms with Gasteiger partial charge in [0, 0.05) is 26.0 Å². The van der Waals surface area contributed by atoms with Crippen molar-refractivity contribution in [2.24, 2.45) is 0 Å². The lowest BCUT2D eigenvalue weighted by molar-refractivity contribution is 0.0525. The largest absolute Gasteiger partial charge is 0.462 e. The number of ketones is 1. The van der Waals surface area contributed by atoms with Gasteiger partial charge < -0.3 is 14.5 Å². The van der Waals surface area contributed by atoms with Crippen molar-refractivity contribution in [2.75, 3.05) is 20.3 Å². The van der Waals surface area contributed by atoms with Crippen LogP contribution in [-0.2, 0) is 16.0 Å². The lowest BCUT2D eigenvalue weighted by atomic mass is 10.1. The molecular formula is C18H26N4O5S. The van der Waals surface area contributed by atoms with E-state index in [1.165, 1.54) is 16.3 Å². The number of Topliss-reactive ketones (excluding diaryl/α,β-unsaturated/α-hetero) is 1. The highest BCUT2D eigenvalue weighted by atomic mass is 32.2. The van der Waals surface area contributed by atoms with Crippen molar-refractivity contribution >= 4 is 23.5 Å². The highest BCUT2D eigenvalue weighted by molar-refractivity contribution is 8.00. The maximum Gasteiger partial charge on any atom is 0.343 e. The Morgan fingerprint density at radius 2 is 2.04 bits per heavy atom. The molecule has 2 aromatic heterocycles. The van der Waals surface area contributed by atoms with Gasteiger partial charge in [-0.25, -0.2) is 14.7 Å². The number of aromatic amines is 2. The second kappa shape index (κ2) is 9.74. The Kier molecular flexibility index (Phi) is 7.64. The SMILES string of the molecule is CCOC(=O)c1c(C)[nH]c(C(=O)[C@@H](C)Sc2n[nH]c(=O)n2CCCOC)c1C. The average Bonchev–Trinajstić information content (AvgIpc) is 3.14. The predicted octanol–water partition coefficient (Wildman–Crippen LogP) is 2.09. The Morgan fingerprint density at radius 3 is 2.68 bits per heavy atom. The third-order valence-electron chi connectivity index (χ3n) is 4.27. The van der Waals surface area contributed by atoms with Crippen molar-refractivity contribution in [1.82, 2.24) is 19.7 Å². The van der Waals surface area contributed by atoms with E-state index in [1.54, 1.807) is 34.8 Å². The summed E-state index contributed by atoms with van der Waals surface area (Å²) < 4.78 is 11.6. The maximum atomic E-state index is 12.9. The van der Waals surface area contributed by atoms with Gasteiger partial charge in [-0.05, 0) is 39.7 Å². The van der Waals surface area contributed by atoms with E-state index in [1.807, 2.05) is 0 Å². The summed E-state index contributed by atoms with van der Waals surface area (Å²) in [7, 11) is 1.60. The minimum atomic E-state index is -0.511. The van der Waals surface area contributed by atoms with Gasteiger partial charge in [0.2, 0.25) is 0 Å². The van der Waals surface area contributed by atoms with E-state index < -0.39 is 11.2 Å². The minimum Gasteiger partial charge on any atom is -0.462 e. The molecule has 2 heterocycles. The Balaban J connectivity index is 2.19. The monoisotopic (exact) mass is 410 g/mol. The molecule has 0 aliphatic carbocycles. The van der Waals surface area contributed by atoms with Gasteiger partial charge in [-0.1, -0.05) is 11.8 Å². The molecular weight excluding hydrogens is 384 g/mol. The number of hydrogen-bond donors (Lipinski definition) is 2. The topological polar surface area (TPSA) is 119 Å². The van der Waals surface area contributed by atoms with Crippen LogP contribution in [0.3, 0.4) is 0 Å². The summed E-state index contributed by atoms with van der Waals surface area (Å²) in [5.41, 5.74) is 1.58. The molecule has 0 unspecified atom stereocenters. The molecule has 2 rings (SSSR count). The van der Waals surface area contributed by atoms with Gasteiger partial charge >= 0.3 is 11.7 Å². The van der Waals surface area contributed by atoms with Crippen LogP contribution in [0.2, 0.25) is 0 Å². The molecule has 0 aromatic carbocycles. The van der Waals surface area contributed by atoms with Crippen LogP contribution in [-0.4, -0.2) is 57.1 Å². The van der Waals surface area contributed by atoms with Crippen LogP contribution in [0.5, 0.6) is 0 Å². The quantitative estimate of drug-likeness (QED) is 0.266. The summed E-state index contributed by atoms with van der Waals surface area (Å²) in [5, 5.41) is 6.36. The molecule has 154 valence electrons. The number of aromatic nitrogens is 4. The number of carbonyl (C=O) groups is 2. The van der Waals surface area contributed by atoms with Gasteiger partial charge in [-0.2, -0.15) is 0 Å². The summed E-state index contributed by atoms with van der Waals surface area (Å²) >= 11 is 1.19. The number of methoxy groups -OCH3 is 1. The van der Waals surface area contributed by atoms with E-state index in [-0.39, 0.29) is 18.1 Å². The lowest BCUT2D eigenvalue weighted by Crippen LogP contribution is -2.20. The third kappa shape index (κ3) is 4.74. The van der Waals surface area contributed by atoms with Crippen LogP contribution in [0.25, 0.3) is 0 Å². The van der Waals surface area contributed by atoms with Crippen LogP contribution in [0.1, 0.15) is 52.4 Å². The number of nitrogens with zero attached hydrogens (tertiary/aromatic N) is 2. The summed E-state index contributed by atoms with van der Waals surface area (Å²) in [5.74, 6) is -0.632. The van der Waals surface area contributed by atoms with E-state index in [2.05, 4.69) is 15.2 Å². The van der Waals surface area contributed by atoms with E-state index in [9.17, 15) is 14.4 Å². The van der Waals surface area contributed by atoms with Crippen LogP contribution in [0, 0.1) is 13.8 Å². The molecule has 0 spiro atoms. The molecule has 28 heavy (non-hydrogen) atoms. The summed E-state index contributed by atoms with van der Waals surface area (Å²) in [6.45, 7) is 8.15. The van der Waals surface area contributed by atoms with Crippen LogP contribution < -0.4 is 5.69 Å². The van der Waals surface area contributed by atoms with Crippen molar-refractivity contribution in [3.63, 3.8) is 0 Å². The van der Waals surface area contributed by atoms with E-state index >= 15 is 0 Å². The number of esters is 1. The molecule has 1 atom stereocenters. The van der Waals surface area contributed by atoms with Crippen LogP contribution in [0.15, 0.2) is 9.95 Å². The van der Waals surface area contributed by atoms with Gasteiger partial charge in [0.25, 0.3) is 0 Å². The fourth-order valence-electron chi connectivity index (χ4n) is 2.88. The standard InChI is InChI=1S/C18H26N4O5S/c1-6-27-16(24)13-10(2)14(19-11(13)3)15(23)12(4)28-18-21-20-17(25)22(18)8-7-9-26-5/h12,19H,6-9H2,1-5H3,(H,20,25)/t12-/m1/s1. The van der Waals surface area contributed by atoms with Gasteiger partial charge in [-0.3, -0.25) is 9.36 Å². The van der Waals surface area contributed by atoms with Crippen LogP contribution in [0.4, 0.5) is 0 Å². The average molecular weight is 410 g/mol. The first kappa shape index (κ1) is 22.0. The normalized spacial score (nSPS) is 12.2. The minimum absolute atomic E-state index is 0.181. The number of H-pyrrole nitrogens is 2. The summed E-state index contributed by atoms with van der Waals surface area (Å²) in [6.07, 6.45) is 0.656. The zero-order chi connectivity index (χ0) is 20.8. The Hall–Kier alpha value is -2.33. The molecule has 0 aliphatic heterocycles. The molecule has 0 saturated carbocycles. The zero-order valence-electron chi connectivity index (χ0n) is 16.7. The molecule has 0 bridgehead atoms. The highest BCUT2D eigenvalue weighted by Crippen LogP contribution is 2.26. The van der Waals surface area contributed by atoms with E-state index in [0.29, 0.717) is 47.2 Å².